The summed E-state index contributed by atoms with van der Waals surface area (Å²) in [7, 11) is 1.54. The third-order valence-electron chi connectivity index (χ3n) is 4.50. The molecule has 0 saturated heterocycles. The fourth-order valence-corrected chi connectivity index (χ4v) is 4.81. The van der Waals surface area contributed by atoms with Gasteiger partial charge in [0.2, 0.25) is 0 Å². The highest BCUT2D eigenvalue weighted by atomic mass is 31.2. The summed E-state index contributed by atoms with van der Waals surface area (Å²) in [5.41, 5.74) is -0.542. The highest BCUT2D eigenvalue weighted by Crippen LogP contribution is 2.47. The van der Waals surface area contributed by atoms with Crippen molar-refractivity contribution in [2.45, 2.75) is 85.7 Å². The second kappa shape index (κ2) is 16.9. The highest BCUT2D eigenvalue weighted by molar-refractivity contribution is 7.44. The van der Waals surface area contributed by atoms with Crippen LogP contribution in [0.25, 0.3) is 0 Å². The fourth-order valence-electron chi connectivity index (χ4n) is 3.07. The molecule has 0 saturated carbocycles. The van der Waals surface area contributed by atoms with Crippen LogP contribution >= 0.6 is 8.53 Å². The van der Waals surface area contributed by atoms with Crippen molar-refractivity contribution in [3.63, 3.8) is 0 Å². The lowest BCUT2D eigenvalue weighted by molar-refractivity contribution is -0.0511. The summed E-state index contributed by atoms with van der Waals surface area (Å²) < 4.78 is 26.8. The zero-order chi connectivity index (χ0) is 25.6. The summed E-state index contributed by atoms with van der Waals surface area (Å²) in [6, 6.07) is 2.32. The van der Waals surface area contributed by atoms with E-state index in [1.54, 1.807) is 21.1 Å². The molecule has 0 radical (unpaired) electrons. The molecule has 190 valence electrons. The van der Waals surface area contributed by atoms with Gasteiger partial charge in [0.15, 0.2) is 0 Å². The van der Waals surface area contributed by atoms with Gasteiger partial charge in [-0.3, -0.25) is 14.3 Å². The summed E-state index contributed by atoms with van der Waals surface area (Å²) in [5.74, 6) is 0. The van der Waals surface area contributed by atoms with Crippen LogP contribution in [-0.4, -0.2) is 65.9 Å². The van der Waals surface area contributed by atoms with E-state index in [9.17, 15) is 9.59 Å². The Morgan fingerprint density at radius 3 is 2.24 bits per heavy atom. The van der Waals surface area contributed by atoms with Crippen molar-refractivity contribution in [2.75, 3.05) is 27.4 Å². The molecule has 1 rings (SSSR count). The van der Waals surface area contributed by atoms with Crippen LogP contribution in [0.3, 0.4) is 0 Å². The molecule has 3 unspecified atom stereocenters. The van der Waals surface area contributed by atoms with E-state index in [0.29, 0.717) is 5.56 Å². The molecule has 11 heteroatoms. The number of aromatic amines is 1. The normalized spacial score (nSPS) is 14.0. The van der Waals surface area contributed by atoms with Gasteiger partial charge in [-0.1, -0.05) is 13.8 Å². The van der Waals surface area contributed by atoms with Crippen LogP contribution in [-0.2, 0) is 25.1 Å². The Hall–Kier alpha value is -1.60. The van der Waals surface area contributed by atoms with E-state index in [0.717, 1.165) is 0 Å². The van der Waals surface area contributed by atoms with E-state index in [-0.39, 0.29) is 38.3 Å². The Bertz CT molecular complexity index is 812. The van der Waals surface area contributed by atoms with E-state index in [2.05, 4.69) is 15.7 Å². The number of hydrogen-bond acceptors (Lipinski definition) is 8. The van der Waals surface area contributed by atoms with E-state index in [1.807, 2.05) is 41.5 Å². The van der Waals surface area contributed by atoms with Crippen molar-refractivity contribution in [3.8, 4) is 6.07 Å². The second-order valence-corrected chi connectivity index (χ2v) is 9.05. The molecule has 33 heavy (non-hydrogen) atoms. The molecule has 0 aromatic carbocycles. The molecule has 0 aliphatic rings. The summed E-state index contributed by atoms with van der Waals surface area (Å²) in [6.07, 6.45) is 0.635. The van der Waals surface area contributed by atoms with Gasteiger partial charge in [-0.25, -0.2) is 9.46 Å². The maximum absolute atomic E-state index is 12.4. The van der Waals surface area contributed by atoms with Gasteiger partial charge in [-0.05, 0) is 34.6 Å². The Labute approximate surface area is 198 Å². The number of aryl methyl sites for hydroxylation is 1. The second-order valence-electron chi connectivity index (χ2n) is 7.64. The molecule has 1 aromatic rings. The van der Waals surface area contributed by atoms with Gasteiger partial charge >= 0.3 is 5.69 Å². The average molecular weight is 489 g/mol. The SMILES string of the molecule is CC.COCC(OC)C(Cn1cc(C)c(=O)[nH]c1=O)OP(OCCC#N)N(C(C)C)C(C)C. The molecule has 0 aliphatic heterocycles. The van der Waals surface area contributed by atoms with Gasteiger partial charge in [0.1, 0.15) is 12.2 Å². The summed E-state index contributed by atoms with van der Waals surface area (Å²) in [4.78, 5) is 26.4. The van der Waals surface area contributed by atoms with Gasteiger partial charge < -0.3 is 18.5 Å². The number of nitriles is 1. The number of methoxy groups -OCH3 is 2. The zero-order valence-corrected chi connectivity index (χ0v) is 22.3. The van der Waals surface area contributed by atoms with E-state index < -0.39 is 32.0 Å². The molecule has 1 N–H and O–H groups in total. The van der Waals surface area contributed by atoms with Crippen molar-refractivity contribution < 1.29 is 18.5 Å². The largest absolute Gasteiger partial charge is 0.382 e. The minimum absolute atomic E-state index is 0.121. The molecule has 0 bridgehead atoms. The smallest absolute Gasteiger partial charge is 0.328 e. The first-order valence-electron chi connectivity index (χ1n) is 11.2. The lowest BCUT2D eigenvalue weighted by Gasteiger charge is -2.38. The molecule has 10 nitrogen and oxygen atoms in total. The van der Waals surface area contributed by atoms with Crippen LogP contribution in [0.1, 0.15) is 53.5 Å². The third kappa shape index (κ3) is 10.5. The standard InChI is InChI=1S/C20H35N4O6P.C2H6/c1-14(2)24(15(3)4)31(29-10-8-9-21)30-17(18(28-7)13-27-6)12-23-11-16(5)19(25)22-20(23)26;1-2/h11,14-15,17-18H,8,10,12-13H2,1-7H3,(H,22,25,26);1-2H3. The molecule has 1 heterocycles. The van der Waals surface area contributed by atoms with Crippen LogP contribution < -0.4 is 11.2 Å². The minimum Gasteiger partial charge on any atom is -0.382 e. The molecule has 0 aliphatic carbocycles. The quantitative estimate of drug-likeness (QED) is 0.313. The van der Waals surface area contributed by atoms with Crippen molar-refractivity contribution in [1.82, 2.24) is 14.2 Å². The van der Waals surface area contributed by atoms with Crippen molar-refractivity contribution in [1.29, 1.82) is 5.26 Å². The first-order chi connectivity index (χ1) is 15.7. The van der Waals surface area contributed by atoms with Crippen LogP contribution in [0, 0.1) is 18.3 Å². The summed E-state index contributed by atoms with van der Waals surface area (Å²) in [5, 5.41) is 8.91. The van der Waals surface area contributed by atoms with E-state index >= 15 is 0 Å². The van der Waals surface area contributed by atoms with Gasteiger partial charge in [0.25, 0.3) is 14.1 Å². The molecular weight excluding hydrogens is 447 g/mol. The summed E-state index contributed by atoms with van der Waals surface area (Å²) in [6.45, 7) is 14.4. The Balaban J connectivity index is 0.00000497. The number of H-pyrrole nitrogens is 1. The Kier molecular flexibility index (Phi) is 16.1. The first-order valence-corrected chi connectivity index (χ1v) is 12.4. The molecule has 0 amide bonds. The molecule has 0 fully saturated rings. The fraction of sp³-hybridized carbons (Fsp3) is 0.773. The van der Waals surface area contributed by atoms with Gasteiger partial charge in [-0.2, -0.15) is 5.26 Å². The van der Waals surface area contributed by atoms with Gasteiger partial charge in [0, 0.05) is 38.1 Å². The van der Waals surface area contributed by atoms with Crippen molar-refractivity contribution in [3.05, 3.63) is 32.6 Å². The molecule has 1 aromatic heterocycles. The third-order valence-corrected chi connectivity index (χ3v) is 6.66. The predicted molar refractivity (Wildman–Crippen MR) is 130 cm³/mol. The lowest BCUT2D eigenvalue weighted by atomic mass is 10.2. The Morgan fingerprint density at radius 2 is 1.76 bits per heavy atom. The number of nitrogens with one attached hydrogen (secondary N) is 1. The maximum Gasteiger partial charge on any atom is 0.328 e. The number of nitrogens with zero attached hydrogens (tertiary/aromatic N) is 3. The van der Waals surface area contributed by atoms with Crippen LogP contribution in [0.5, 0.6) is 0 Å². The van der Waals surface area contributed by atoms with Crippen LogP contribution in [0.4, 0.5) is 0 Å². The first kappa shape index (κ1) is 31.4. The Morgan fingerprint density at radius 1 is 1.15 bits per heavy atom. The minimum atomic E-state index is -1.56. The van der Waals surface area contributed by atoms with E-state index in [4.69, 9.17) is 23.8 Å². The van der Waals surface area contributed by atoms with Crippen molar-refractivity contribution >= 4 is 8.53 Å². The van der Waals surface area contributed by atoms with Gasteiger partial charge in [-0.15, -0.1) is 0 Å². The number of ether oxygens (including phenoxy) is 2. The molecular formula is C22H41N4O6P. The lowest BCUT2D eigenvalue weighted by Crippen LogP contribution is -2.43. The maximum atomic E-state index is 12.4. The predicted octanol–water partition coefficient (Wildman–Crippen LogP) is 3.19. The molecule has 0 spiro atoms. The topological polar surface area (TPSA) is 119 Å². The summed E-state index contributed by atoms with van der Waals surface area (Å²) >= 11 is 0. The molecule has 3 atom stereocenters. The number of hydrogen-bond donors (Lipinski definition) is 1. The number of rotatable bonds is 14. The zero-order valence-electron chi connectivity index (χ0n) is 21.5. The monoisotopic (exact) mass is 488 g/mol. The highest BCUT2D eigenvalue weighted by Gasteiger charge is 2.33. The van der Waals surface area contributed by atoms with Crippen molar-refractivity contribution in [2.24, 2.45) is 0 Å². The van der Waals surface area contributed by atoms with Gasteiger partial charge in [0.05, 0.1) is 32.2 Å². The number of aromatic nitrogens is 2. The average Bonchev–Trinajstić information content (AvgIpc) is 2.76. The van der Waals surface area contributed by atoms with E-state index in [1.165, 1.54) is 10.8 Å². The van der Waals surface area contributed by atoms with Crippen LogP contribution in [0.15, 0.2) is 15.8 Å². The van der Waals surface area contributed by atoms with Crippen LogP contribution in [0.2, 0.25) is 0 Å².